The van der Waals surface area contributed by atoms with Gasteiger partial charge in [0.05, 0.1) is 12.2 Å². The number of hydrogen-bond donors (Lipinski definition) is 2. The van der Waals surface area contributed by atoms with Crippen molar-refractivity contribution in [3.63, 3.8) is 0 Å². The van der Waals surface area contributed by atoms with Crippen molar-refractivity contribution in [2.45, 2.75) is 20.1 Å². The van der Waals surface area contributed by atoms with Crippen LogP contribution in [0.15, 0.2) is 30.3 Å². The summed E-state index contributed by atoms with van der Waals surface area (Å²) in [5.74, 6) is -2.91. The maximum Gasteiger partial charge on any atom is 0.254 e. The average molecular weight is 309 g/mol. The zero-order chi connectivity index (χ0) is 16.3. The summed E-state index contributed by atoms with van der Waals surface area (Å²) >= 11 is 0. The number of aliphatic hydroxyl groups is 1. The van der Waals surface area contributed by atoms with Crippen LogP contribution in [0.3, 0.4) is 0 Å². The summed E-state index contributed by atoms with van der Waals surface area (Å²) in [6, 6.07) is 5.81. The highest BCUT2D eigenvalue weighted by Crippen LogP contribution is 2.15. The van der Waals surface area contributed by atoms with Crippen molar-refractivity contribution in [1.29, 1.82) is 0 Å². The minimum Gasteiger partial charge on any atom is -0.392 e. The van der Waals surface area contributed by atoms with Gasteiger partial charge in [-0.15, -0.1) is 0 Å². The molecule has 0 aliphatic carbocycles. The average Bonchev–Trinajstić information content (AvgIpc) is 2.49. The first-order valence-corrected chi connectivity index (χ1v) is 6.54. The number of nitrogens with one attached hydrogen (secondary N) is 1. The van der Waals surface area contributed by atoms with E-state index in [4.69, 9.17) is 5.11 Å². The number of benzene rings is 2. The lowest BCUT2D eigenvalue weighted by Gasteiger charge is -2.09. The van der Waals surface area contributed by atoms with E-state index in [2.05, 4.69) is 5.32 Å². The second-order valence-corrected chi connectivity index (χ2v) is 4.85. The molecule has 2 aromatic carbocycles. The van der Waals surface area contributed by atoms with Crippen LogP contribution in [-0.2, 0) is 13.2 Å². The zero-order valence-corrected chi connectivity index (χ0v) is 11.8. The first-order valence-electron chi connectivity index (χ1n) is 6.54. The summed E-state index contributed by atoms with van der Waals surface area (Å²) < 4.78 is 40.0. The van der Waals surface area contributed by atoms with Gasteiger partial charge >= 0.3 is 0 Å². The Morgan fingerprint density at radius 3 is 2.50 bits per heavy atom. The van der Waals surface area contributed by atoms with Gasteiger partial charge in [0.2, 0.25) is 0 Å². The SMILES string of the molecule is Cc1cc(C(=O)NCc2ccc(F)c(CO)c2)c(F)cc1F. The van der Waals surface area contributed by atoms with Crippen LogP contribution < -0.4 is 5.32 Å². The Morgan fingerprint density at radius 2 is 1.82 bits per heavy atom. The Balaban J connectivity index is 2.12. The van der Waals surface area contributed by atoms with Crippen molar-refractivity contribution in [3.8, 4) is 0 Å². The molecule has 2 aromatic rings. The minimum absolute atomic E-state index is 0.0297. The molecule has 2 rings (SSSR count). The number of rotatable bonds is 4. The van der Waals surface area contributed by atoms with E-state index in [-0.39, 0.29) is 23.2 Å². The molecule has 0 heterocycles. The van der Waals surface area contributed by atoms with E-state index in [0.717, 1.165) is 6.07 Å². The number of carbonyl (C=O) groups excluding carboxylic acids is 1. The number of carbonyl (C=O) groups is 1. The van der Waals surface area contributed by atoms with E-state index in [0.29, 0.717) is 11.6 Å². The van der Waals surface area contributed by atoms with Crippen molar-refractivity contribution in [1.82, 2.24) is 5.32 Å². The normalized spacial score (nSPS) is 10.6. The van der Waals surface area contributed by atoms with Crippen LogP contribution in [0.4, 0.5) is 13.2 Å². The van der Waals surface area contributed by atoms with Gasteiger partial charge in [-0.3, -0.25) is 4.79 Å². The predicted molar refractivity (Wildman–Crippen MR) is 74.6 cm³/mol. The smallest absolute Gasteiger partial charge is 0.254 e. The van der Waals surface area contributed by atoms with E-state index < -0.39 is 30.0 Å². The molecule has 3 nitrogen and oxygen atoms in total. The van der Waals surface area contributed by atoms with Gasteiger partial charge in [-0.1, -0.05) is 6.07 Å². The van der Waals surface area contributed by atoms with Crippen molar-refractivity contribution in [3.05, 3.63) is 70.0 Å². The third-order valence-electron chi connectivity index (χ3n) is 3.23. The van der Waals surface area contributed by atoms with Gasteiger partial charge in [0.25, 0.3) is 5.91 Å². The van der Waals surface area contributed by atoms with Crippen LogP contribution in [0, 0.1) is 24.4 Å². The van der Waals surface area contributed by atoms with E-state index in [1.54, 1.807) is 0 Å². The van der Waals surface area contributed by atoms with Crippen LogP contribution in [0.1, 0.15) is 27.0 Å². The van der Waals surface area contributed by atoms with Gasteiger partial charge in [-0.2, -0.15) is 0 Å². The molecule has 0 saturated heterocycles. The molecule has 2 N–H and O–H groups in total. The number of aryl methyl sites for hydroxylation is 1. The summed E-state index contributed by atoms with van der Waals surface area (Å²) in [5.41, 5.74) is 0.563. The molecule has 0 saturated carbocycles. The standard InChI is InChI=1S/C16H14F3NO2/c1-9-4-12(15(19)6-14(9)18)16(22)20-7-10-2-3-13(17)11(5-10)8-21/h2-6,21H,7-8H2,1H3,(H,20,22). The van der Waals surface area contributed by atoms with Crippen LogP contribution >= 0.6 is 0 Å². The molecule has 0 bridgehead atoms. The first kappa shape index (κ1) is 16.0. The van der Waals surface area contributed by atoms with Crippen molar-refractivity contribution in [2.24, 2.45) is 0 Å². The molecule has 116 valence electrons. The summed E-state index contributed by atoms with van der Waals surface area (Å²) in [4.78, 5) is 11.9. The quantitative estimate of drug-likeness (QED) is 0.912. The maximum absolute atomic E-state index is 13.6. The molecule has 1 amide bonds. The molecule has 0 radical (unpaired) electrons. The Labute approximate surface area is 125 Å². The van der Waals surface area contributed by atoms with E-state index in [1.165, 1.54) is 25.1 Å². The summed E-state index contributed by atoms with van der Waals surface area (Å²) in [6.45, 7) is 1.00. The van der Waals surface area contributed by atoms with Gasteiger partial charge in [0.1, 0.15) is 17.5 Å². The third kappa shape index (κ3) is 3.46. The highest BCUT2D eigenvalue weighted by Gasteiger charge is 2.14. The highest BCUT2D eigenvalue weighted by molar-refractivity contribution is 5.94. The zero-order valence-electron chi connectivity index (χ0n) is 11.8. The monoisotopic (exact) mass is 309 g/mol. The topological polar surface area (TPSA) is 49.3 Å². The Hall–Kier alpha value is -2.34. The minimum atomic E-state index is -0.948. The fourth-order valence-electron chi connectivity index (χ4n) is 1.97. The van der Waals surface area contributed by atoms with Gasteiger partial charge in [-0.05, 0) is 36.2 Å². The lowest BCUT2D eigenvalue weighted by molar-refractivity contribution is 0.0946. The second kappa shape index (κ2) is 6.62. The molecule has 0 fully saturated rings. The molecule has 0 atom stereocenters. The van der Waals surface area contributed by atoms with Gasteiger partial charge in [0.15, 0.2) is 0 Å². The van der Waals surface area contributed by atoms with E-state index in [9.17, 15) is 18.0 Å². The number of amides is 1. The fraction of sp³-hybridized carbons (Fsp3) is 0.188. The van der Waals surface area contributed by atoms with Gasteiger partial charge in [-0.25, -0.2) is 13.2 Å². The lowest BCUT2D eigenvalue weighted by Crippen LogP contribution is -2.24. The van der Waals surface area contributed by atoms with Crippen LogP contribution in [-0.4, -0.2) is 11.0 Å². The Bertz CT molecular complexity index is 717. The summed E-state index contributed by atoms with van der Waals surface area (Å²) in [6.07, 6.45) is 0. The van der Waals surface area contributed by atoms with Gasteiger partial charge < -0.3 is 10.4 Å². The maximum atomic E-state index is 13.6. The van der Waals surface area contributed by atoms with Crippen molar-refractivity contribution < 1.29 is 23.1 Å². The number of hydrogen-bond acceptors (Lipinski definition) is 2. The van der Waals surface area contributed by atoms with Crippen LogP contribution in [0.5, 0.6) is 0 Å². The molecule has 0 aromatic heterocycles. The Kier molecular flexibility index (Phi) is 4.82. The third-order valence-corrected chi connectivity index (χ3v) is 3.23. The molecule has 0 spiro atoms. The van der Waals surface area contributed by atoms with Crippen molar-refractivity contribution in [2.75, 3.05) is 0 Å². The molecule has 0 aliphatic rings. The molecule has 6 heteroatoms. The Morgan fingerprint density at radius 1 is 1.09 bits per heavy atom. The second-order valence-electron chi connectivity index (χ2n) is 4.85. The van der Waals surface area contributed by atoms with Crippen LogP contribution in [0.2, 0.25) is 0 Å². The molecule has 0 unspecified atom stereocenters. The molecule has 0 aliphatic heterocycles. The van der Waals surface area contributed by atoms with E-state index in [1.807, 2.05) is 0 Å². The predicted octanol–water partition coefficient (Wildman–Crippen LogP) is 2.83. The fourth-order valence-corrected chi connectivity index (χ4v) is 1.97. The highest BCUT2D eigenvalue weighted by atomic mass is 19.1. The molecular formula is C16H14F3NO2. The lowest BCUT2D eigenvalue weighted by atomic mass is 10.1. The van der Waals surface area contributed by atoms with Crippen molar-refractivity contribution >= 4 is 5.91 Å². The first-order chi connectivity index (χ1) is 10.4. The summed E-state index contributed by atoms with van der Waals surface area (Å²) in [5, 5.41) is 11.4. The number of aliphatic hydroxyl groups excluding tert-OH is 1. The van der Waals surface area contributed by atoms with Gasteiger partial charge in [0, 0.05) is 18.2 Å². The van der Waals surface area contributed by atoms with Crippen LogP contribution in [0.25, 0.3) is 0 Å². The largest absolute Gasteiger partial charge is 0.392 e. The molecule has 22 heavy (non-hydrogen) atoms. The van der Waals surface area contributed by atoms with E-state index >= 15 is 0 Å². The summed E-state index contributed by atoms with van der Waals surface area (Å²) in [7, 11) is 0. The molecular weight excluding hydrogens is 295 g/mol. The number of halogens is 3.